The summed E-state index contributed by atoms with van der Waals surface area (Å²) in [5.74, 6) is 1.01. The van der Waals surface area contributed by atoms with Gasteiger partial charge in [0.15, 0.2) is 0 Å². The third-order valence-corrected chi connectivity index (χ3v) is 5.77. The second-order valence-electron chi connectivity index (χ2n) is 7.04. The molecule has 0 saturated carbocycles. The van der Waals surface area contributed by atoms with Gasteiger partial charge in [0.05, 0.1) is 0 Å². The minimum Gasteiger partial charge on any atom is -0.351 e. The topological polar surface area (TPSA) is 46.3 Å². The third kappa shape index (κ3) is 3.38. The lowest BCUT2D eigenvalue weighted by molar-refractivity contribution is 0.174. The van der Waals surface area contributed by atoms with E-state index in [0.29, 0.717) is 11.8 Å². The molecule has 1 saturated heterocycles. The predicted molar refractivity (Wildman–Crippen MR) is 103 cm³/mol. The molecule has 0 aromatic heterocycles. The van der Waals surface area contributed by atoms with Crippen LogP contribution in [0.15, 0.2) is 48.5 Å². The van der Waals surface area contributed by atoms with Gasteiger partial charge < -0.3 is 10.6 Å². The average molecular weight is 357 g/mol. The quantitative estimate of drug-likeness (QED) is 0.820. The van der Waals surface area contributed by atoms with Crippen LogP contribution in [0.4, 0.5) is 4.79 Å². The van der Waals surface area contributed by atoms with Gasteiger partial charge in [0.25, 0.3) is 0 Å². The van der Waals surface area contributed by atoms with Gasteiger partial charge in [-0.15, -0.1) is 12.4 Å². The lowest BCUT2D eigenvalue weighted by Crippen LogP contribution is -2.42. The molecule has 2 aromatic carbocycles. The molecule has 2 N–H and O–H groups in total. The molecule has 2 aliphatic rings. The lowest BCUT2D eigenvalue weighted by Gasteiger charge is -2.36. The van der Waals surface area contributed by atoms with E-state index in [0.717, 1.165) is 38.8 Å². The number of fused-ring (bicyclic) bond motifs is 2. The molecule has 1 fully saturated rings. The maximum atomic E-state index is 11.4. The van der Waals surface area contributed by atoms with Crippen LogP contribution in [-0.2, 0) is 12.8 Å². The molecule has 4 rings (SSSR count). The number of hydrogen-bond donors (Lipinski definition) is 1. The zero-order valence-corrected chi connectivity index (χ0v) is 15.2. The SMILES string of the molecule is Cl.NC(=O)N1CCC(C2c3ccccc3CCc3ccccc32)CC1. The number of carbonyl (C=O) groups excluding carboxylic acids is 1. The molecule has 0 atom stereocenters. The Labute approximate surface area is 155 Å². The summed E-state index contributed by atoms with van der Waals surface area (Å²) in [5, 5.41) is 0. The highest BCUT2D eigenvalue weighted by atomic mass is 35.5. The van der Waals surface area contributed by atoms with E-state index in [-0.39, 0.29) is 18.4 Å². The normalized spacial score (nSPS) is 17.8. The van der Waals surface area contributed by atoms with Crippen LogP contribution < -0.4 is 5.73 Å². The maximum Gasteiger partial charge on any atom is 0.314 e. The van der Waals surface area contributed by atoms with Crippen LogP contribution in [0.5, 0.6) is 0 Å². The Hall–Kier alpha value is -2.00. The van der Waals surface area contributed by atoms with Crippen LogP contribution >= 0.6 is 12.4 Å². The fourth-order valence-electron chi connectivity index (χ4n) is 4.53. The number of piperidine rings is 1. The summed E-state index contributed by atoms with van der Waals surface area (Å²) in [5.41, 5.74) is 11.4. The lowest BCUT2D eigenvalue weighted by atomic mass is 9.74. The summed E-state index contributed by atoms with van der Waals surface area (Å²) in [6.45, 7) is 1.56. The van der Waals surface area contributed by atoms with E-state index in [4.69, 9.17) is 5.73 Å². The van der Waals surface area contributed by atoms with Gasteiger partial charge in [-0.3, -0.25) is 0 Å². The first-order valence-electron chi connectivity index (χ1n) is 8.94. The van der Waals surface area contributed by atoms with Gasteiger partial charge >= 0.3 is 6.03 Å². The highest BCUT2D eigenvalue weighted by Crippen LogP contribution is 2.42. The van der Waals surface area contributed by atoms with E-state index >= 15 is 0 Å². The van der Waals surface area contributed by atoms with Crippen molar-refractivity contribution in [2.75, 3.05) is 13.1 Å². The van der Waals surface area contributed by atoms with Crippen LogP contribution in [0.1, 0.15) is 41.0 Å². The zero-order chi connectivity index (χ0) is 16.5. The van der Waals surface area contributed by atoms with Gasteiger partial charge in [0, 0.05) is 19.0 Å². The monoisotopic (exact) mass is 356 g/mol. The Morgan fingerprint density at radius 3 is 1.84 bits per heavy atom. The van der Waals surface area contributed by atoms with Crippen molar-refractivity contribution in [1.29, 1.82) is 0 Å². The molecule has 1 aliphatic heterocycles. The molecule has 25 heavy (non-hydrogen) atoms. The molecule has 0 bridgehead atoms. The van der Waals surface area contributed by atoms with Crippen molar-refractivity contribution in [2.45, 2.75) is 31.6 Å². The molecule has 0 spiro atoms. The van der Waals surface area contributed by atoms with E-state index < -0.39 is 0 Å². The highest BCUT2D eigenvalue weighted by Gasteiger charge is 2.33. The minimum atomic E-state index is -0.282. The van der Waals surface area contributed by atoms with Crippen LogP contribution in [0.3, 0.4) is 0 Å². The van der Waals surface area contributed by atoms with E-state index in [2.05, 4.69) is 48.5 Å². The van der Waals surface area contributed by atoms with Crippen LogP contribution in [0.25, 0.3) is 0 Å². The number of benzene rings is 2. The Balaban J connectivity index is 0.00000182. The first kappa shape index (κ1) is 17.8. The van der Waals surface area contributed by atoms with Crippen molar-refractivity contribution in [2.24, 2.45) is 11.7 Å². The number of likely N-dealkylation sites (tertiary alicyclic amines) is 1. The highest BCUT2D eigenvalue weighted by molar-refractivity contribution is 5.85. The van der Waals surface area contributed by atoms with E-state index in [1.54, 1.807) is 4.90 Å². The van der Waals surface area contributed by atoms with Crippen LogP contribution in [0, 0.1) is 5.92 Å². The van der Waals surface area contributed by atoms with E-state index in [9.17, 15) is 4.79 Å². The van der Waals surface area contributed by atoms with Crippen molar-refractivity contribution in [3.63, 3.8) is 0 Å². The summed E-state index contributed by atoms with van der Waals surface area (Å²) < 4.78 is 0. The largest absolute Gasteiger partial charge is 0.351 e. The smallest absolute Gasteiger partial charge is 0.314 e. The predicted octanol–water partition coefficient (Wildman–Crippen LogP) is 4.13. The van der Waals surface area contributed by atoms with Gasteiger partial charge in [-0.1, -0.05) is 48.5 Å². The minimum absolute atomic E-state index is 0. The molecule has 132 valence electrons. The Bertz CT molecular complexity index is 706. The van der Waals surface area contributed by atoms with Crippen LogP contribution in [0.2, 0.25) is 0 Å². The molecule has 4 heteroatoms. The number of primary amides is 1. The van der Waals surface area contributed by atoms with Crippen LogP contribution in [-0.4, -0.2) is 24.0 Å². The fraction of sp³-hybridized carbons (Fsp3) is 0.381. The second kappa shape index (κ2) is 7.49. The Morgan fingerprint density at radius 2 is 1.36 bits per heavy atom. The number of urea groups is 1. The number of rotatable bonds is 1. The summed E-state index contributed by atoms with van der Waals surface area (Å²) in [7, 11) is 0. The van der Waals surface area contributed by atoms with Crippen molar-refractivity contribution in [1.82, 2.24) is 4.90 Å². The van der Waals surface area contributed by atoms with Crippen molar-refractivity contribution < 1.29 is 4.79 Å². The van der Waals surface area contributed by atoms with Crippen molar-refractivity contribution >= 4 is 18.4 Å². The Morgan fingerprint density at radius 1 is 0.880 bits per heavy atom. The number of aryl methyl sites for hydroxylation is 2. The van der Waals surface area contributed by atoms with E-state index in [1.165, 1.54) is 22.3 Å². The first-order chi connectivity index (χ1) is 11.7. The average Bonchev–Trinajstić information content (AvgIpc) is 2.79. The summed E-state index contributed by atoms with van der Waals surface area (Å²) in [6, 6.07) is 17.5. The first-order valence-corrected chi connectivity index (χ1v) is 8.94. The second-order valence-corrected chi connectivity index (χ2v) is 7.04. The van der Waals surface area contributed by atoms with Crippen molar-refractivity contribution in [3.8, 4) is 0 Å². The summed E-state index contributed by atoms with van der Waals surface area (Å²) >= 11 is 0. The molecule has 0 unspecified atom stereocenters. The molecule has 3 nitrogen and oxygen atoms in total. The molecular formula is C21H25ClN2O. The molecule has 2 aromatic rings. The molecule has 1 heterocycles. The number of amides is 2. The number of carbonyl (C=O) groups is 1. The standard InChI is InChI=1S/C21H24N2O.ClH/c22-21(24)23-13-11-17(12-14-23)20-18-7-3-1-5-15(18)9-10-16-6-2-4-8-19(16)20;/h1-8,17,20H,9-14H2,(H2,22,24);1H. The number of nitrogens with zero attached hydrogens (tertiary/aromatic N) is 1. The number of nitrogens with two attached hydrogens (primary N) is 1. The fourth-order valence-corrected chi connectivity index (χ4v) is 4.53. The summed E-state index contributed by atoms with van der Waals surface area (Å²) in [4.78, 5) is 13.2. The van der Waals surface area contributed by atoms with Gasteiger partial charge in [-0.05, 0) is 53.9 Å². The zero-order valence-electron chi connectivity index (χ0n) is 14.4. The number of hydrogen-bond acceptors (Lipinski definition) is 1. The maximum absolute atomic E-state index is 11.4. The molecular weight excluding hydrogens is 332 g/mol. The molecule has 1 aliphatic carbocycles. The number of halogens is 1. The van der Waals surface area contributed by atoms with Gasteiger partial charge in [-0.2, -0.15) is 0 Å². The van der Waals surface area contributed by atoms with Crippen molar-refractivity contribution in [3.05, 3.63) is 70.8 Å². The summed E-state index contributed by atoms with van der Waals surface area (Å²) in [6.07, 6.45) is 4.28. The Kier molecular flexibility index (Phi) is 5.33. The van der Waals surface area contributed by atoms with Gasteiger partial charge in [0.1, 0.15) is 0 Å². The van der Waals surface area contributed by atoms with E-state index in [1.807, 2.05) is 0 Å². The third-order valence-electron chi connectivity index (χ3n) is 5.77. The molecule has 2 amide bonds. The molecule has 0 radical (unpaired) electrons. The van der Waals surface area contributed by atoms with Gasteiger partial charge in [-0.25, -0.2) is 4.79 Å². The van der Waals surface area contributed by atoms with Gasteiger partial charge in [0.2, 0.25) is 0 Å².